The van der Waals surface area contributed by atoms with Crippen LogP contribution < -0.4 is 4.74 Å². The summed E-state index contributed by atoms with van der Waals surface area (Å²) in [5, 5.41) is 1.18. The van der Waals surface area contributed by atoms with E-state index in [0.29, 0.717) is 6.61 Å². The fourth-order valence-electron chi connectivity index (χ4n) is 2.59. The van der Waals surface area contributed by atoms with Gasteiger partial charge in [-0.15, -0.1) is 0 Å². The van der Waals surface area contributed by atoms with Crippen molar-refractivity contribution in [1.29, 1.82) is 0 Å². The number of esters is 1. The molecule has 2 aromatic rings. The molecular formula is C20H30N2O4S. The van der Waals surface area contributed by atoms with E-state index in [4.69, 9.17) is 13.7 Å². The predicted molar refractivity (Wildman–Crippen MR) is 110 cm³/mol. The topological polar surface area (TPSA) is 52.9 Å². The van der Waals surface area contributed by atoms with Crippen molar-refractivity contribution >= 4 is 29.1 Å². The Hall–Kier alpha value is -1.70. The SMILES string of the molecule is CCOC(=O)C(C)(C)COSn1cc(CCN(C)C)c2ccc(OC)cc21. The van der Waals surface area contributed by atoms with Gasteiger partial charge in [0.1, 0.15) is 18.0 Å². The molecule has 0 radical (unpaired) electrons. The van der Waals surface area contributed by atoms with Gasteiger partial charge >= 0.3 is 5.97 Å². The van der Waals surface area contributed by atoms with Crippen molar-refractivity contribution in [1.82, 2.24) is 8.87 Å². The molecule has 2 rings (SSSR count). The average molecular weight is 395 g/mol. The van der Waals surface area contributed by atoms with Gasteiger partial charge in [0.05, 0.1) is 31.3 Å². The lowest BCUT2D eigenvalue weighted by Gasteiger charge is -2.21. The number of rotatable bonds is 10. The van der Waals surface area contributed by atoms with Gasteiger partial charge in [-0.05, 0) is 59.0 Å². The van der Waals surface area contributed by atoms with Crippen molar-refractivity contribution in [3.63, 3.8) is 0 Å². The summed E-state index contributed by atoms with van der Waals surface area (Å²) in [5.41, 5.74) is 1.58. The number of hydrogen-bond donors (Lipinski definition) is 0. The first kappa shape index (κ1) is 21.6. The molecule has 0 atom stereocenters. The zero-order valence-corrected chi connectivity index (χ0v) is 17.9. The van der Waals surface area contributed by atoms with Crippen LogP contribution in [0.1, 0.15) is 26.3 Å². The van der Waals surface area contributed by atoms with Gasteiger partial charge in [0.2, 0.25) is 0 Å². The van der Waals surface area contributed by atoms with Crippen molar-refractivity contribution < 1.29 is 18.5 Å². The minimum atomic E-state index is -0.697. The second kappa shape index (κ2) is 9.48. The molecule has 0 bridgehead atoms. The summed E-state index contributed by atoms with van der Waals surface area (Å²) in [4.78, 5) is 14.2. The van der Waals surface area contributed by atoms with E-state index < -0.39 is 5.41 Å². The van der Waals surface area contributed by atoms with Gasteiger partial charge in [-0.3, -0.25) is 13.0 Å². The van der Waals surface area contributed by atoms with E-state index >= 15 is 0 Å². The number of hydrogen-bond acceptors (Lipinski definition) is 6. The van der Waals surface area contributed by atoms with Gasteiger partial charge in [0, 0.05) is 24.2 Å². The highest BCUT2D eigenvalue weighted by molar-refractivity contribution is 7.93. The molecule has 0 amide bonds. The normalized spacial score (nSPS) is 12.0. The number of carbonyl (C=O) groups is 1. The van der Waals surface area contributed by atoms with E-state index in [9.17, 15) is 4.79 Å². The van der Waals surface area contributed by atoms with Crippen LogP contribution in [-0.4, -0.2) is 55.8 Å². The molecular weight excluding hydrogens is 364 g/mol. The van der Waals surface area contributed by atoms with Crippen molar-refractivity contribution in [2.45, 2.75) is 27.2 Å². The Bertz CT molecular complexity index is 771. The summed E-state index contributed by atoms with van der Waals surface area (Å²) in [6, 6.07) is 6.06. The Morgan fingerprint density at radius 2 is 2.04 bits per heavy atom. The van der Waals surface area contributed by atoms with Crippen molar-refractivity contribution in [3.05, 3.63) is 30.0 Å². The molecule has 0 saturated carbocycles. The Kier molecular flexibility index (Phi) is 7.59. The van der Waals surface area contributed by atoms with Crippen LogP contribution >= 0.6 is 12.2 Å². The second-order valence-corrected chi connectivity index (χ2v) is 8.14. The van der Waals surface area contributed by atoms with Crippen LogP contribution in [0.5, 0.6) is 5.75 Å². The molecule has 0 aliphatic carbocycles. The number of likely N-dealkylation sites (N-methyl/N-ethyl adjacent to an activating group) is 1. The zero-order valence-electron chi connectivity index (χ0n) is 17.1. The molecule has 0 fully saturated rings. The highest BCUT2D eigenvalue weighted by Gasteiger charge is 2.30. The number of methoxy groups -OCH3 is 1. The number of carbonyl (C=O) groups excluding carboxylic acids is 1. The van der Waals surface area contributed by atoms with Gasteiger partial charge in [-0.25, -0.2) is 0 Å². The lowest BCUT2D eigenvalue weighted by atomic mass is 9.95. The van der Waals surface area contributed by atoms with E-state index in [-0.39, 0.29) is 12.6 Å². The van der Waals surface area contributed by atoms with E-state index in [2.05, 4.69) is 31.3 Å². The molecule has 0 saturated heterocycles. The largest absolute Gasteiger partial charge is 0.497 e. The van der Waals surface area contributed by atoms with Crippen LogP contribution in [0.3, 0.4) is 0 Å². The molecule has 0 aliphatic rings. The predicted octanol–water partition coefficient (Wildman–Crippen LogP) is 3.77. The Morgan fingerprint density at radius 3 is 2.67 bits per heavy atom. The minimum Gasteiger partial charge on any atom is -0.497 e. The molecule has 0 aliphatic heterocycles. The first-order valence-electron chi connectivity index (χ1n) is 9.08. The minimum absolute atomic E-state index is 0.253. The third-order valence-electron chi connectivity index (χ3n) is 4.27. The average Bonchev–Trinajstić information content (AvgIpc) is 2.97. The second-order valence-electron chi connectivity index (χ2n) is 7.36. The summed E-state index contributed by atoms with van der Waals surface area (Å²) in [6.07, 6.45) is 3.04. The highest BCUT2D eigenvalue weighted by atomic mass is 32.2. The highest BCUT2D eigenvalue weighted by Crippen LogP contribution is 2.30. The number of aromatic nitrogens is 1. The van der Waals surface area contributed by atoms with E-state index in [0.717, 1.165) is 24.2 Å². The van der Waals surface area contributed by atoms with Crippen molar-refractivity contribution in [2.24, 2.45) is 5.41 Å². The van der Waals surface area contributed by atoms with Gasteiger partial charge in [-0.2, -0.15) is 0 Å². The lowest BCUT2D eigenvalue weighted by Crippen LogP contribution is -2.30. The molecule has 1 aromatic carbocycles. The van der Waals surface area contributed by atoms with Crippen LogP contribution in [0.2, 0.25) is 0 Å². The zero-order chi connectivity index (χ0) is 20.0. The molecule has 0 N–H and O–H groups in total. The maximum Gasteiger partial charge on any atom is 0.313 e. The third kappa shape index (κ3) is 5.64. The third-order valence-corrected chi connectivity index (χ3v) is 4.96. The van der Waals surface area contributed by atoms with Crippen LogP contribution in [0, 0.1) is 5.41 Å². The molecule has 1 aromatic heterocycles. The fourth-order valence-corrected chi connectivity index (χ4v) is 3.46. The maximum atomic E-state index is 12.0. The summed E-state index contributed by atoms with van der Waals surface area (Å²) in [7, 11) is 5.79. The Morgan fingerprint density at radius 1 is 1.30 bits per heavy atom. The van der Waals surface area contributed by atoms with E-state index in [1.807, 2.05) is 30.0 Å². The molecule has 27 heavy (non-hydrogen) atoms. The van der Waals surface area contributed by atoms with Gasteiger partial charge in [0.25, 0.3) is 0 Å². The summed E-state index contributed by atoms with van der Waals surface area (Å²) in [5.74, 6) is 0.546. The smallest absolute Gasteiger partial charge is 0.313 e. The van der Waals surface area contributed by atoms with Crippen LogP contribution in [-0.2, 0) is 20.1 Å². The van der Waals surface area contributed by atoms with Crippen molar-refractivity contribution in [3.8, 4) is 5.75 Å². The Balaban J connectivity index is 2.17. The first-order chi connectivity index (χ1) is 12.8. The summed E-state index contributed by atoms with van der Waals surface area (Å²) >= 11 is 1.23. The molecule has 150 valence electrons. The molecule has 6 nitrogen and oxygen atoms in total. The molecule has 7 heteroatoms. The maximum absolute atomic E-state index is 12.0. The van der Waals surface area contributed by atoms with Gasteiger partial charge in [-0.1, -0.05) is 0 Å². The number of fused-ring (bicyclic) bond motifs is 1. The number of benzene rings is 1. The quantitative estimate of drug-likeness (QED) is 0.452. The number of nitrogens with zero attached hydrogens (tertiary/aromatic N) is 2. The fraction of sp³-hybridized carbons (Fsp3) is 0.550. The Labute approximate surface area is 166 Å². The standard InChI is InChI=1S/C20H30N2O4S/c1-7-25-19(23)20(2,3)14-26-27-22-13-15(10-11-21(4)5)17-9-8-16(24-6)12-18(17)22/h8-9,12-13H,7,10-11,14H2,1-6H3. The molecule has 0 spiro atoms. The van der Waals surface area contributed by atoms with Crippen LogP contribution in [0.15, 0.2) is 24.4 Å². The van der Waals surface area contributed by atoms with Crippen LogP contribution in [0.4, 0.5) is 0 Å². The van der Waals surface area contributed by atoms with E-state index in [1.165, 1.54) is 23.2 Å². The number of ether oxygens (including phenoxy) is 2. The van der Waals surface area contributed by atoms with Gasteiger partial charge in [0.15, 0.2) is 0 Å². The molecule has 0 unspecified atom stereocenters. The van der Waals surface area contributed by atoms with E-state index in [1.54, 1.807) is 14.0 Å². The summed E-state index contributed by atoms with van der Waals surface area (Å²) in [6.45, 7) is 7.04. The van der Waals surface area contributed by atoms with Crippen LogP contribution in [0.25, 0.3) is 10.9 Å². The molecule has 1 heterocycles. The summed E-state index contributed by atoms with van der Waals surface area (Å²) < 4.78 is 18.3. The van der Waals surface area contributed by atoms with Gasteiger partial charge < -0.3 is 14.4 Å². The first-order valence-corrected chi connectivity index (χ1v) is 9.78. The lowest BCUT2D eigenvalue weighted by molar-refractivity contribution is -0.154. The monoisotopic (exact) mass is 394 g/mol. The van der Waals surface area contributed by atoms with Crippen molar-refractivity contribution in [2.75, 3.05) is 41.0 Å².